The minimum absolute atomic E-state index is 0.0268. The van der Waals surface area contributed by atoms with E-state index in [2.05, 4.69) is 26.8 Å². The van der Waals surface area contributed by atoms with Gasteiger partial charge in [0.15, 0.2) is 0 Å². The van der Waals surface area contributed by atoms with E-state index in [0.717, 1.165) is 47.3 Å². The Morgan fingerprint density at radius 2 is 2.04 bits per heavy atom. The van der Waals surface area contributed by atoms with E-state index in [9.17, 15) is 4.79 Å². The summed E-state index contributed by atoms with van der Waals surface area (Å²) in [5.74, 6) is -0.0268. The monoisotopic (exact) mass is 347 g/mol. The van der Waals surface area contributed by atoms with Gasteiger partial charge in [-0.1, -0.05) is 30.3 Å². The lowest BCUT2D eigenvalue weighted by atomic mass is 9.97. The van der Waals surface area contributed by atoms with Gasteiger partial charge in [-0.3, -0.25) is 4.79 Å². The van der Waals surface area contributed by atoms with Gasteiger partial charge in [-0.25, -0.2) is 9.67 Å². The Balaban J connectivity index is 1.49. The average Bonchev–Trinajstić information content (AvgIpc) is 3.20. The van der Waals surface area contributed by atoms with Crippen molar-refractivity contribution in [2.45, 2.75) is 25.9 Å². The van der Waals surface area contributed by atoms with E-state index in [1.807, 2.05) is 36.4 Å². The molecule has 0 radical (unpaired) electrons. The molecule has 0 aliphatic carbocycles. The average molecular weight is 347 g/mol. The molecule has 0 unspecified atom stereocenters. The summed E-state index contributed by atoms with van der Waals surface area (Å²) in [6.07, 6.45) is 5.21. The summed E-state index contributed by atoms with van der Waals surface area (Å²) >= 11 is 0. The summed E-state index contributed by atoms with van der Waals surface area (Å²) in [6.45, 7) is 2.09. The summed E-state index contributed by atoms with van der Waals surface area (Å²) in [7, 11) is 0. The first-order chi connectivity index (χ1) is 12.8. The zero-order valence-corrected chi connectivity index (χ0v) is 14.5. The van der Waals surface area contributed by atoms with Gasteiger partial charge in [0.05, 0.1) is 6.54 Å². The van der Waals surface area contributed by atoms with Crippen LogP contribution in [-0.4, -0.2) is 27.2 Å². The highest BCUT2D eigenvalue weighted by Gasteiger charge is 2.17. The van der Waals surface area contributed by atoms with Crippen LogP contribution in [0.1, 0.15) is 33.5 Å². The predicted molar refractivity (Wildman–Crippen MR) is 100.0 cm³/mol. The fourth-order valence-electron chi connectivity index (χ4n) is 3.37. The zero-order chi connectivity index (χ0) is 17.8. The molecule has 0 spiro atoms. The Hall–Kier alpha value is -3.15. The number of nitrogens with zero attached hydrogens (tertiary/aromatic N) is 3. The van der Waals surface area contributed by atoms with Gasteiger partial charge in [0, 0.05) is 24.3 Å². The maximum atomic E-state index is 12.8. The number of carbonyl (C=O) groups is 1. The third-order valence-electron chi connectivity index (χ3n) is 4.70. The molecular weight excluding hydrogens is 326 g/mol. The molecule has 6 heteroatoms. The van der Waals surface area contributed by atoms with Crippen LogP contribution < -0.4 is 10.6 Å². The molecule has 0 saturated carbocycles. The van der Waals surface area contributed by atoms with E-state index in [1.165, 1.54) is 6.33 Å². The van der Waals surface area contributed by atoms with Gasteiger partial charge in [-0.15, -0.1) is 0 Å². The molecular formula is C20H21N5O. The number of nitrogens with one attached hydrogen (secondary N) is 2. The van der Waals surface area contributed by atoms with Crippen LogP contribution in [-0.2, 0) is 19.5 Å². The quantitative estimate of drug-likeness (QED) is 0.744. The molecule has 2 heterocycles. The number of aromatic nitrogens is 3. The van der Waals surface area contributed by atoms with Crippen molar-refractivity contribution in [2.24, 2.45) is 0 Å². The molecule has 132 valence electrons. The minimum atomic E-state index is -0.0268. The topological polar surface area (TPSA) is 71.8 Å². The first-order valence-corrected chi connectivity index (χ1v) is 8.84. The SMILES string of the molecule is O=C(NCc1ccccc1Cn1cncn1)c1cccc2c1CCCN2. The molecule has 6 nitrogen and oxygen atoms in total. The summed E-state index contributed by atoms with van der Waals surface area (Å²) in [5.41, 5.74) is 5.17. The fourth-order valence-corrected chi connectivity index (χ4v) is 3.37. The van der Waals surface area contributed by atoms with Crippen molar-refractivity contribution in [1.82, 2.24) is 20.1 Å². The highest BCUT2D eigenvalue weighted by molar-refractivity contribution is 5.97. The largest absolute Gasteiger partial charge is 0.385 e. The summed E-state index contributed by atoms with van der Waals surface area (Å²) in [4.78, 5) is 16.7. The van der Waals surface area contributed by atoms with Crippen molar-refractivity contribution in [3.05, 3.63) is 77.4 Å². The molecule has 0 fully saturated rings. The molecule has 1 aliphatic heterocycles. The standard InChI is InChI=1S/C20H21N5O/c26-20(18-7-3-9-19-17(18)8-4-10-22-19)23-11-15-5-1-2-6-16(15)12-25-14-21-13-24-25/h1-3,5-7,9,13-14,22H,4,8,10-12H2,(H,23,26). The van der Waals surface area contributed by atoms with Crippen molar-refractivity contribution in [2.75, 3.05) is 11.9 Å². The van der Waals surface area contributed by atoms with Crippen LogP contribution >= 0.6 is 0 Å². The van der Waals surface area contributed by atoms with Crippen molar-refractivity contribution >= 4 is 11.6 Å². The van der Waals surface area contributed by atoms with E-state index in [0.29, 0.717) is 13.1 Å². The third kappa shape index (κ3) is 3.44. The lowest BCUT2D eigenvalue weighted by molar-refractivity contribution is 0.0950. The second-order valence-corrected chi connectivity index (χ2v) is 6.41. The maximum absolute atomic E-state index is 12.8. The lowest BCUT2D eigenvalue weighted by Gasteiger charge is -2.20. The van der Waals surface area contributed by atoms with Gasteiger partial charge in [0.25, 0.3) is 5.91 Å². The number of fused-ring (bicyclic) bond motifs is 1. The predicted octanol–water partition coefficient (Wildman–Crippen LogP) is 2.61. The van der Waals surface area contributed by atoms with E-state index in [1.54, 1.807) is 11.0 Å². The van der Waals surface area contributed by atoms with Crippen LogP contribution in [0.15, 0.2) is 55.1 Å². The highest BCUT2D eigenvalue weighted by atomic mass is 16.1. The Morgan fingerprint density at radius 1 is 1.15 bits per heavy atom. The van der Waals surface area contributed by atoms with Crippen molar-refractivity contribution in [3.63, 3.8) is 0 Å². The maximum Gasteiger partial charge on any atom is 0.251 e. The van der Waals surface area contributed by atoms with Crippen LogP contribution in [0.2, 0.25) is 0 Å². The Labute approximate surface area is 152 Å². The lowest BCUT2D eigenvalue weighted by Crippen LogP contribution is -2.26. The van der Waals surface area contributed by atoms with E-state index >= 15 is 0 Å². The second-order valence-electron chi connectivity index (χ2n) is 6.41. The van der Waals surface area contributed by atoms with Crippen molar-refractivity contribution in [3.8, 4) is 0 Å². The van der Waals surface area contributed by atoms with Crippen molar-refractivity contribution in [1.29, 1.82) is 0 Å². The first kappa shape index (κ1) is 16.3. The third-order valence-corrected chi connectivity index (χ3v) is 4.70. The number of anilines is 1. The van der Waals surface area contributed by atoms with E-state index in [4.69, 9.17) is 0 Å². The van der Waals surface area contributed by atoms with Crippen LogP contribution in [0.5, 0.6) is 0 Å². The summed E-state index contributed by atoms with van der Waals surface area (Å²) in [5, 5.41) is 10.6. The molecule has 1 aliphatic rings. The Morgan fingerprint density at radius 3 is 2.88 bits per heavy atom. The molecule has 0 atom stereocenters. The highest BCUT2D eigenvalue weighted by Crippen LogP contribution is 2.25. The summed E-state index contributed by atoms with van der Waals surface area (Å²) < 4.78 is 1.78. The molecule has 0 saturated heterocycles. The molecule has 1 amide bonds. The van der Waals surface area contributed by atoms with Crippen molar-refractivity contribution < 1.29 is 4.79 Å². The number of benzene rings is 2. The molecule has 26 heavy (non-hydrogen) atoms. The smallest absolute Gasteiger partial charge is 0.251 e. The number of rotatable bonds is 5. The van der Waals surface area contributed by atoms with Gasteiger partial charge in [-0.2, -0.15) is 5.10 Å². The molecule has 1 aromatic heterocycles. The summed E-state index contributed by atoms with van der Waals surface area (Å²) in [6, 6.07) is 14.0. The van der Waals surface area contributed by atoms with Gasteiger partial charge < -0.3 is 10.6 Å². The van der Waals surface area contributed by atoms with E-state index in [-0.39, 0.29) is 5.91 Å². The normalized spacial score (nSPS) is 12.9. The zero-order valence-electron chi connectivity index (χ0n) is 14.5. The minimum Gasteiger partial charge on any atom is -0.385 e. The molecule has 2 aromatic carbocycles. The fraction of sp³-hybridized carbons (Fsp3) is 0.250. The molecule has 3 aromatic rings. The number of hydrogen-bond acceptors (Lipinski definition) is 4. The van der Waals surface area contributed by atoms with Crippen LogP contribution in [0, 0.1) is 0 Å². The molecule has 4 rings (SSSR count). The van der Waals surface area contributed by atoms with Gasteiger partial charge in [0.2, 0.25) is 0 Å². The first-order valence-electron chi connectivity index (χ1n) is 8.84. The second kappa shape index (κ2) is 7.39. The van der Waals surface area contributed by atoms with Crippen LogP contribution in [0.25, 0.3) is 0 Å². The number of amides is 1. The van der Waals surface area contributed by atoms with Crippen LogP contribution in [0.3, 0.4) is 0 Å². The van der Waals surface area contributed by atoms with Gasteiger partial charge in [-0.05, 0) is 41.7 Å². The molecule has 0 bridgehead atoms. The Kier molecular flexibility index (Phi) is 4.64. The van der Waals surface area contributed by atoms with Gasteiger partial charge >= 0.3 is 0 Å². The number of carbonyl (C=O) groups excluding carboxylic acids is 1. The van der Waals surface area contributed by atoms with E-state index < -0.39 is 0 Å². The van der Waals surface area contributed by atoms with Gasteiger partial charge in [0.1, 0.15) is 12.7 Å². The van der Waals surface area contributed by atoms with Crippen LogP contribution in [0.4, 0.5) is 5.69 Å². The Bertz CT molecular complexity index is 904. The molecule has 2 N–H and O–H groups in total. The number of hydrogen-bond donors (Lipinski definition) is 2.